The van der Waals surface area contributed by atoms with Crippen molar-refractivity contribution >= 4 is 39.0 Å². The summed E-state index contributed by atoms with van der Waals surface area (Å²) in [5.41, 5.74) is -2.07. The maximum Gasteiger partial charge on any atom is 0.414 e. The molecule has 11 heteroatoms. The summed E-state index contributed by atoms with van der Waals surface area (Å²) in [4.78, 5) is 18.3. The number of methoxy groups -OCH3 is 1. The highest BCUT2D eigenvalue weighted by Crippen LogP contribution is 2.75. The maximum atomic E-state index is 15.5. The molecule has 0 saturated heterocycles. The van der Waals surface area contributed by atoms with Gasteiger partial charge in [0.15, 0.2) is 5.17 Å². The number of thioether (sulfide) groups is 1. The van der Waals surface area contributed by atoms with Gasteiger partial charge >= 0.3 is 6.09 Å². The number of ether oxygens (including phenoxy) is 1. The first-order chi connectivity index (χ1) is 17.1. The van der Waals surface area contributed by atoms with Crippen LogP contribution >= 0.6 is 27.7 Å². The van der Waals surface area contributed by atoms with Crippen molar-refractivity contribution in [3.05, 3.63) is 63.9 Å². The average molecular weight is 601 g/mol. The number of amidine groups is 1. The second kappa shape index (κ2) is 9.20. The number of aliphatic imine (C=N–C) groups is 1. The highest BCUT2D eigenvalue weighted by Gasteiger charge is 2.88. The van der Waals surface area contributed by atoms with Crippen LogP contribution in [0.15, 0.2) is 51.9 Å². The van der Waals surface area contributed by atoms with E-state index in [1.54, 1.807) is 24.3 Å². The van der Waals surface area contributed by atoms with Gasteiger partial charge in [0, 0.05) is 10.0 Å². The molecule has 4 rings (SSSR count). The van der Waals surface area contributed by atoms with Gasteiger partial charge in [-0.25, -0.2) is 22.9 Å². The topological polar surface area (TPSA) is 82.4 Å². The summed E-state index contributed by atoms with van der Waals surface area (Å²) in [5.74, 6) is -5.15. The molecule has 3 unspecified atom stereocenters. The highest BCUT2D eigenvalue weighted by molar-refractivity contribution is 9.10. The van der Waals surface area contributed by atoms with Gasteiger partial charge < -0.3 is 14.9 Å². The van der Waals surface area contributed by atoms with Gasteiger partial charge in [-0.2, -0.15) is 0 Å². The molecule has 1 saturated carbocycles. The van der Waals surface area contributed by atoms with Gasteiger partial charge in [0.25, 0.3) is 5.92 Å². The molecule has 1 aliphatic heterocycles. The fourth-order valence-electron chi connectivity index (χ4n) is 5.37. The second-order valence-corrected chi connectivity index (χ2v) is 12.8. The standard InChI is InChI=1S/C26H28BrF3N2O4S/c1-23(2,3)19(14-6-9-16(36-5)10-7-14)32(22(34)35)21-31-24(4,17-12-15(27)8-11-18(17)28)20-25(13-33,37-21)26(20,29)30/h6-12,19-20,33H,13H2,1-5H3,(H,34,35)/t19?,20?,24-,25?/m1/s1. The van der Waals surface area contributed by atoms with Gasteiger partial charge in [-0.3, -0.25) is 4.99 Å². The molecule has 6 nitrogen and oxygen atoms in total. The Labute approximate surface area is 226 Å². The van der Waals surface area contributed by atoms with E-state index in [4.69, 9.17) is 4.74 Å². The van der Waals surface area contributed by atoms with E-state index in [0.717, 1.165) is 11.0 Å². The van der Waals surface area contributed by atoms with Gasteiger partial charge in [0.05, 0.1) is 31.2 Å². The largest absolute Gasteiger partial charge is 0.497 e. The molecule has 2 aromatic rings. The van der Waals surface area contributed by atoms with E-state index in [-0.39, 0.29) is 10.7 Å². The predicted molar refractivity (Wildman–Crippen MR) is 140 cm³/mol. The Kier molecular flexibility index (Phi) is 6.91. The fourth-order valence-corrected chi connectivity index (χ4v) is 7.33. The molecule has 0 bridgehead atoms. The number of aliphatic hydroxyl groups excluding tert-OH is 1. The summed E-state index contributed by atoms with van der Waals surface area (Å²) in [5, 5.41) is 20.4. The number of carbonyl (C=O) groups is 1. The molecule has 1 aliphatic carbocycles. The Morgan fingerprint density at radius 1 is 1.24 bits per heavy atom. The molecule has 1 heterocycles. The van der Waals surface area contributed by atoms with E-state index in [1.807, 2.05) is 20.8 Å². The molecule has 0 spiro atoms. The Bertz CT molecular complexity index is 1250. The summed E-state index contributed by atoms with van der Waals surface area (Å²) in [7, 11) is 1.51. The fraction of sp³-hybridized carbons (Fsp3) is 0.462. The number of fused-ring (bicyclic) bond motifs is 1. The van der Waals surface area contributed by atoms with E-state index in [0.29, 0.717) is 27.5 Å². The first kappa shape index (κ1) is 27.8. The van der Waals surface area contributed by atoms with Crippen LogP contribution in [0.2, 0.25) is 0 Å². The summed E-state index contributed by atoms with van der Waals surface area (Å²) < 4.78 is 49.7. The van der Waals surface area contributed by atoms with Gasteiger partial charge in [-0.1, -0.05) is 60.6 Å². The van der Waals surface area contributed by atoms with Gasteiger partial charge in [-0.05, 0) is 48.2 Å². The Hall–Kier alpha value is -2.24. The van der Waals surface area contributed by atoms with Crippen LogP contribution < -0.4 is 4.74 Å². The lowest BCUT2D eigenvalue weighted by Crippen LogP contribution is -2.47. The maximum absolute atomic E-state index is 15.5. The molecule has 1 amide bonds. The van der Waals surface area contributed by atoms with E-state index < -0.39 is 52.1 Å². The summed E-state index contributed by atoms with van der Waals surface area (Å²) in [6, 6.07) is 9.91. The van der Waals surface area contributed by atoms with Crippen molar-refractivity contribution in [2.75, 3.05) is 13.7 Å². The molecule has 0 radical (unpaired) electrons. The van der Waals surface area contributed by atoms with Crippen molar-refractivity contribution in [1.29, 1.82) is 0 Å². The number of hydrogen-bond acceptors (Lipinski definition) is 5. The second-order valence-electron chi connectivity index (χ2n) is 10.6. The normalized spacial score (nSPS) is 27.1. The van der Waals surface area contributed by atoms with Gasteiger partial charge in [0.1, 0.15) is 16.3 Å². The van der Waals surface area contributed by atoms with Crippen LogP contribution in [0.4, 0.5) is 18.0 Å². The molecular formula is C26H28BrF3N2O4S. The Morgan fingerprint density at radius 2 is 1.86 bits per heavy atom. The van der Waals surface area contributed by atoms with E-state index in [9.17, 15) is 15.0 Å². The summed E-state index contributed by atoms with van der Waals surface area (Å²) in [6.45, 7) is 5.92. The minimum Gasteiger partial charge on any atom is -0.497 e. The van der Waals surface area contributed by atoms with Crippen LogP contribution in [0.3, 0.4) is 0 Å². The minimum atomic E-state index is -3.43. The number of benzene rings is 2. The molecule has 2 N–H and O–H groups in total. The molecule has 2 aromatic carbocycles. The number of rotatable bonds is 5. The van der Waals surface area contributed by atoms with Crippen molar-refractivity contribution in [2.24, 2.45) is 16.3 Å². The molecule has 0 aromatic heterocycles. The monoisotopic (exact) mass is 600 g/mol. The molecule has 1 fully saturated rings. The third kappa shape index (κ3) is 4.32. The van der Waals surface area contributed by atoms with Crippen molar-refractivity contribution < 1.29 is 32.9 Å². The summed E-state index contributed by atoms with van der Waals surface area (Å²) >= 11 is 3.81. The van der Waals surface area contributed by atoms with Gasteiger partial charge in [0.2, 0.25) is 0 Å². The van der Waals surface area contributed by atoms with Crippen molar-refractivity contribution in [2.45, 2.75) is 49.9 Å². The van der Waals surface area contributed by atoms with Crippen LogP contribution in [0, 0.1) is 17.2 Å². The predicted octanol–water partition coefficient (Wildman–Crippen LogP) is 6.68. The van der Waals surface area contributed by atoms with Crippen LogP contribution in [-0.2, 0) is 5.54 Å². The smallest absolute Gasteiger partial charge is 0.414 e. The average Bonchev–Trinajstić information content (AvgIpc) is 3.34. The number of aliphatic hydroxyl groups is 1. The van der Waals surface area contributed by atoms with Crippen LogP contribution in [0.1, 0.15) is 44.9 Å². The first-order valence-electron chi connectivity index (χ1n) is 11.5. The van der Waals surface area contributed by atoms with Crippen molar-refractivity contribution in [3.8, 4) is 5.75 Å². The molecule has 2 aliphatic rings. The SMILES string of the molecule is COc1ccc(C(N(C(=O)O)C2=N[C@](C)(c3cc(Br)ccc3F)C3C(F)(F)C3(CO)S2)C(C)(C)C)cc1. The van der Waals surface area contributed by atoms with E-state index in [1.165, 1.54) is 26.2 Å². The van der Waals surface area contributed by atoms with Crippen LogP contribution in [0.5, 0.6) is 5.75 Å². The number of amides is 1. The molecular weight excluding hydrogens is 573 g/mol. The number of nitrogens with zero attached hydrogens (tertiary/aromatic N) is 2. The Balaban J connectivity index is 1.95. The summed E-state index contributed by atoms with van der Waals surface area (Å²) in [6.07, 6.45) is -1.41. The van der Waals surface area contributed by atoms with E-state index in [2.05, 4.69) is 20.9 Å². The zero-order valence-electron chi connectivity index (χ0n) is 20.9. The van der Waals surface area contributed by atoms with Crippen LogP contribution in [-0.4, -0.2) is 50.8 Å². The van der Waals surface area contributed by atoms with Gasteiger partial charge in [-0.15, -0.1) is 0 Å². The zero-order chi connectivity index (χ0) is 27.6. The lowest BCUT2D eigenvalue weighted by Gasteiger charge is -2.42. The quantitative estimate of drug-likeness (QED) is 0.400. The van der Waals surface area contributed by atoms with Crippen molar-refractivity contribution in [1.82, 2.24) is 4.90 Å². The number of halogens is 4. The molecule has 200 valence electrons. The number of hydrogen-bond donors (Lipinski definition) is 2. The molecule has 37 heavy (non-hydrogen) atoms. The van der Waals surface area contributed by atoms with Crippen LogP contribution in [0.25, 0.3) is 0 Å². The molecule has 4 atom stereocenters. The number of carboxylic acid groups (broad SMARTS) is 1. The lowest BCUT2D eigenvalue weighted by molar-refractivity contribution is 0.0684. The highest BCUT2D eigenvalue weighted by atomic mass is 79.9. The third-order valence-corrected chi connectivity index (χ3v) is 9.07. The zero-order valence-corrected chi connectivity index (χ0v) is 23.3. The van der Waals surface area contributed by atoms with Crippen molar-refractivity contribution in [3.63, 3.8) is 0 Å². The number of alkyl halides is 2. The Morgan fingerprint density at radius 3 is 2.38 bits per heavy atom. The first-order valence-corrected chi connectivity index (χ1v) is 13.1. The third-order valence-electron chi connectivity index (χ3n) is 7.10. The lowest BCUT2D eigenvalue weighted by atomic mass is 9.81. The van der Waals surface area contributed by atoms with E-state index >= 15 is 13.2 Å². The minimum absolute atomic E-state index is 0.109.